The topological polar surface area (TPSA) is 23.8 Å². The van der Waals surface area contributed by atoms with Gasteiger partial charge in [-0.3, -0.25) is 0 Å². The van der Waals surface area contributed by atoms with Gasteiger partial charge in [-0.15, -0.1) is 11.8 Å². The Hall–Kier alpha value is -0.910. The van der Waals surface area contributed by atoms with Gasteiger partial charge >= 0.3 is 0 Å². The minimum atomic E-state index is 0.729. The van der Waals surface area contributed by atoms with Gasteiger partial charge in [0.1, 0.15) is 0 Å². The molecular formula is C10H6ClNS. The molecule has 0 aliphatic carbocycles. The van der Waals surface area contributed by atoms with Gasteiger partial charge in [0.2, 0.25) is 0 Å². The van der Waals surface area contributed by atoms with Crippen LogP contribution in [0, 0.1) is 11.3 Å². The van der Waals surface area contributed by atoms with Crippen molar-refractivity contribution in [3.63, 3.8) is 0 Å². The number of halogens is 1. The Labute approximate surface area is 86.0 Å². The molecule has 0 unspecified atom stereocenters. The fraction of sp³-hybridized carbons (Fsp3) is 0.100. The summed E-state index contributed by atoms with van der Waals surface area (Å²) in [5, 5.41) is 9.50. The molecule has 1 heterocycles. The Morgan fingerprint density at radius 1 is 1.46 bits per heavy atom. The van der Waals surface area contributed by atoms with Gasteiger partial charge in [-0.05, 0) is 17.7 Å². The summed E-state index contributed by atoms with van der Waals surface area (Å²) in [4.78, 5) is 1.09. The van der Waals surface area contributed by atoms with E-state index in [1.165, 1.54) is 0 Å². The van der Waals surface area contributed by atoms with Gasteiger partial charge in [0.05, 0.1) is 11.1 Å². The summed E-state index contributed by atoms with van der Waals surface area (Å²) in [6, 6.07) is 7.91. The SMILES string of the molecule is N#CC1=Cc2cccc(Cl)c2SC1. The van der Waals surface area contributed by atoms with Crippen molar-refractivity contribution in [3.05, 3.63) is 34.4 Å². The van der Waals surface area contributed by atoms with E-state index in [2.05, 4.69) is 6.07 Å². The van der Waals surface area contributed by atoms with E-state index in [-0.39, 0.29) is 0 Å². The predicted molar refractivity (Wildman–Crippen MR) is 55.8 cm³/mol. The summed E-state index contributed by atoms with van der Waals surface area (Å²) in [5.41, 5.74) is 1.86. The standard InChI is InChI=1S/C10H6ClNS/c11-9-3-1-2-8-4-7(5-12)6-13-10(8)9/h1-4H,6H2. The average Bonchev–Trinajstić information content (AvgIpc) is 2.18. The number of nitriles is 1. The van der Waals surface area contributed by atoms with Crippen LogP contribution < -0.4 is 0 Å². The molecule has 1 aliphatic heterocycles. The van der Waals surface area contributed by atoms with E-state index in [1.54, 1.807) is 11.8 Å². The maximum atomic E-state index is 8.72. The average molecular weight is 208 g/mol. The molecule has 0 fully saturated rings. The second kappa shape index (κ2) is 3.45. The van der Waals surface area contributed by atoms with E-state index in [9.17, 15) is 0 Å². The third-order valence-corrected chi connectivity index (χ3v) is 3.47. The number of nitrogens with zero attached hydrogens (tertiary/aromatic N) is 1. The zero-order valence-corrected chi connectivity index (χ0v) is 8.32. The van der Waals surface area contributed by atoms with Crippen LogP contribution in [0.15, 0.2) is 28.7 Å². The highest BCUT2D eigenvalue weighted by Gasteiger charge is 2.12. The van der Waals surface area contributed by atoms with E-state index in [0.29, 0.717) is 0 Å². The Balaban J connectivity index is 2.55. The predicted octanol–water partition coefficient (Wildman–Crippen LogP) is 3.35. The first-order valence-corrected chi connectivity index (χ1v) is 5.19. The molecule has 1 aliphatic rings. The Morgan fingerprint density at radius 2 is 2.31 bits per heavy atom. The van der Waals surface area contributed by atoms with Crippen LogP contribution in [0.2, 0.25) is 5.02 Å². The summed E-state index contributed by atoms with van der Waals surface area (Å²) >= 11 is 7.63. The van der Waals surface area contributed by atoms with Crippen molar-refractivity contribution in [1.29, 1.82) is 5.26 Å². The monoisotopic (exact) mass is 207 g/mol. The number of hydrogen-bond donors (Lipinski definition) is 0. The van der Waals surface area contributed by atoms with Crippen molar-refractivity contribution in [3.8, 4) is 6.07 Å². The summed E-state index contributed by atoms with van der Waals surface area (Å²) in [5.74, 6) is 0.729. The quantitative estimate of drug-likeness (QED) is 0.652. The zero-order valence-electron chi connectivity index (χ0n) is 6.75. The second-order valence-electron chi connectivity index (χ2n) is 2.73. The van der Waals surface area contributed by atoms with Gasteiger partial charge in [-0.2, -0.15) is 5.26 Å². The Kier molecular flexibility index (Phi) is 2.30. The lowest BCUT2D eigenvalue weighted by atomic mass is 10.1. The number of rotatable bonds is 0. The van der Waals surface area contributed by atoms with E-state index < -0.39 is 0 Å². The highest BCUT2D eigenvalue weighted by molar-refractivity contribution is 7.99. The molecule has 64 valence electrons. The van der Waals surface area contributed by atoms with Crippen LogP contribution >= 0.6 is 23.4 Å². The minimum Gasteiger partial charge on any atom is -0.193 e. The third kappa shape index (κ3) is 1.58. The summed E-state index contributed by atoms with van der Waals surface area (Å²) in [6.45, 7) is 0. The molecule has 2 rings (SSSR count). The number of hydrogen-bond acceptors (Lipinski definition) is 2. The van der Waals surface area contributed by atoms with E-state index in [1.807, 2.05) is 24.3 Å². The van der Waals surface area contributed by atoms with Crippen LogP contribution in [0.5, 0.6) is 0 Å². The number of thioether (sulfide) groups is 1. The minimum absolute atomic E-state index is 0.729. The van der Waals surface area contributed by atoms with Crippen molar-refractivity contribution >= 4 is 29.4 Å². The van der Waals surface area contributed by atoms with Crippen LogP contribution in [0.25, 0.3) is 6.08 Å². The van der Waals surface area contributed by atoms with Crippen LogP contribution in [0.4, 0.5) is 0 Å². The van der Waals surface area contributed by atoms with E-state index >= 15 is 0 Å². The molecule has 0 saturated heterocycles. The second-order valence-corrected chi connectivity index (χ2v) is 4.12. The molecule has 0 atom stereocenters. The Bertz CT molecular complexity index is 417. The van der Waals surface area contributed by atoms with Crippen molar-refractivity contribution < 1.29 is 0 Å². The van der Waals surface area contributed by atoms with Crippen molar-refractivity contribution in [1.82, 2.24) is 0 Å². The van der Waals surface area contributed by atoms with Crippen LogP contribution in [0.1, 0.15) is 5.56 Å². The molecule has 1 nitrogen and oxygen atoms in total. The molecule has 0 saturated carbocycles. The lowest BCUT2D eigenvalue weighted by Gasteiger charge is -2.12. The van der Waals surface area contributed by atoms with Crippen molar-refractivity contribution in [2.45, 2.75) is 4.90 Å². The van der Waals surface area contributed by atoms with Crippen molar-refractivity contribution in [2.24, 2.45) is 0 Å². The molecule has 0 spiro atoms. The van der Waals surface area contributed by atoms with E-state index in [4.69, 9.17) is 16.9 Å². The molecule has 1 aromatic carbocycles. The molecule has 1 aromatic rings. The first kappa shape index (κ1) is 8.68. The molecular weight excluding hydrogens is 202 g/mol. The number of benzene rings is 1. The third-order valence-electron chi connectivity index (χ3n) is 1.84. The van der Waals surface area contributed by atoms with Gasteiger partial charge in [-0.25, -0.2) is 0 Å². The first-order valence-electron chi connectivity index (χ1n) is 3.83. The fourth-order valence-corrected chi connectivity index (χ4v) is 2.53. The number of fused-ring (bicyclic) bond motifs is 1. The highest BCUT2D eigenvalue weighted by Crippen LogP contribution is 2.36. The molecule has 0 aromatic heterocycles. The largest absolute Gasteiger partial charge is 0.193 e. The van der Waals surface area contributed by atoms with Gasteiger partial charge in [-0.1, -0.05) is 23.7 Å². The summed E-state index contributed by atoms with van der Waals surface area (Å²) in [7, 11) is 0. The van der Waals surface area contributed by atoms with Gasteiger partial charge < -0.3 is 0 Å². The zero-order chi connectivity index (χ0) is 9.26. The first-order chi connectivity index (χ1) is 6.31. The maximum absolute atomic E-state index is 8.72. The van der Waals surface area contributed by atoms with Crippen LogP contribution in [-0.4, -0.2) is 5.75 Å². The lowest BCUT2D eigenvalue weighted by Crippen LogP contribution is -1.93. The van der Waals surface area contributed by atoms with E-state index in [0.717, 1.165) is 26.8 Å². The molecule has 0 radical (unpaired) electrons. The Morgan fingerprint density at radius 3 is 3.08 bits per heavy atom. The van der Waals surface area contributed by atoms with Gasteiger partial charge in [0.25, 0.3) is 0 Å². The smallest absolute Gasteiger partial charge is 0.0956 e. The molecule has 0 amide bonds. The fourth-order valence-electron chi connectivity index (χ4n) is 1.24. The summed E-state index contributed by atoms with van der Waals surface area (Å²) in [6.07, 6.45) is 1.90. The highest BCUT2D eigenvalue weighted by atomic mass is 35.5. The summed E-state index contributed by atoms with van der Waals surface area (Å²) < 4.78 is 0. The lowest BCUT2D eigenvalue weighted by molar-refractivity contribution is 1.37. The molecule has 13 heavy (non-hydrogen) atoms. The molecule has 3 heteroatoms. The molecule has 0 N–H and O–H groups in total. The van der Waals surface area contributed by atoms with Crippen LogP contribution in [-0.2, 0) is 0 Å². The van der Waals surface area contributed by atoms with Gasteiger partial charge in [0, 0.05) is 16.2 Å². The molecule has 0 bridgehead atoms. The van der Waals surface area contributed by atoms with Gasteiger partial charge in [0.15, 0.2) is 0 Å². The van der Waals surface area contributed by atoms with Crippen LogP contribution in [0.3, 0.4) is 0 Å². The normalized spacial score (nSPS) is 14.3. The van der Waals surface area contributed by atoms with Crippen molar-refractivity contribution in [2.75, 3.05) is 5.75 Å². The maximum Gasteiger partial charge on any atom is 0.0956 e.